The Kier molecular flexibility index (Phi) is 6.77. The van der Waals surface area contributed by atoms with Gasteiger partial charge in [-0.15, -0.1) is 0 Å². The lowest BCUT2D eigenvalue weighted by Gasteiger charge is -2.37. The van der Waals surface area contributed by atoms with Crippen LogP contribution in [0, 0.1) is 5.82 Å². The van der Waals surface area contributed by atoms with E-state index >= 15 is 0 Å². The molecule has 1 fully saturated rings. The van der Waals surface area contributed by atoms with Crippen molar-refractivity contribution in [1.29, 1.82) is 0 Å². The first kappa shape index (κ1) is 22.3. The number of nitrogens with one attached hydrogen (secondary N) is 2. The van der Waals surface area contributed by atoms with Crippen molar-refractivity contribution in [2.75, 3.05) is 32.7 Å². The first-order valence-corrected chi connectivity index (χ1v) is 11.1. The van der Waals surface area contributed by atoms with Gasteiger partial charge in [0.1, 0.15) is 5.82 Å². The van der Waals surface area contributed by atoms with Crippen molar-refractivity contribution < 1.29 is 14.0 Å². The summed E-state index contributed by atoms with van der Waals surface area (Å²) in [5.41, 5.74) is 2.57. The van der Waals surface area contributed by atoms with Gasteiger partial charge in [-0.2, -0.15) is 0 Å². The van der Waals surface area contributed by atoms with Crippen LogP contribution in [0.4, 0.5) is 4.39 Å². The number of hydrogen-bond acceptors (Lipinski definition) is 3. The number of hydrogen-bond donors (Lipinski definition) is 2. The Labute approximate surface area is 191 Å². The van der Waals surface area contributed by atoms with E-state index in [1.54, 1.807) is 4.90 Å². The summed E-state index contributed by atoms with van der Waals surface area (Å²) in [6, 6.07) is 11.6. The molecule has 1 atom stereocenters. The summed E-state index contributed by atoms with van der Waals surface area (Å²) in [6.45, 7) is 4.59. The predicted molar refractivity (Wildman–Crippen MR) is 123 cm³/mol. The maximum absolute atomic E-state index is 13.3. The zero-order valence-corrected chi connectivity index (χ0v) is 18.7. The van der Waals surface area contributed by atoms with Crippen molar-refractivity contribution in [3.63, 3.8) is 0 Å². The van der Waals surface area contributed by atoms with E-state index in [0.717, 1.165) is 18.0 Å². The number of nitrogens with zero attached hydrogens (tertiary/aromatic N) is 2. The van der Waals surface area contributed by atoms with Crippen LogP contribution in [0.1, 0.15) is 22.8 Å². The second-order valence-electron chi connectivity index (χ2n) is 8.03. The van der Waals surface area contributed by atoms with E-state index < -0.39 is 5.82 Å². The van der Waals surface area contributed by atoms with Gasteiger partial charge in [0.25, 0.3) is 5.91 Å². The summed E-state index contributed by atoms with van der Waals surface area (Å²) in [5.74, 6) is -0.711. The van der Waals surface area contributed by atoms with Crippen molar-refractivity contribution in [2.45, 2.75) is 19.4 Å². The molecule has 1 aliphatic rings. The highest BCUT2D eigenvalue weighted by Gasteiger charge is 2.28. The highest BCUT2D eigenvalue weighted by Crippen LogP contribution is 2.20. The molecule has 2 N–H and O–H groups in total. The molecule has 8 heteroatoms. The number of carbonyl (C=O) groups is 2. The lowest BCUT2D eigenvalue weighted by molar-refractivity contribution is -0.126. The van der Waals surface area contributed by atoms with Crippen LogP contribution in [0.2, 0.25) is 5.02 Å². The molecule has 2 amide bonds. The lowest BCUT2D eigenvalue weighted by Crippen LogP contribution is -2.55. The highest BCUT2D eigenvalue weighted by molar-refractivity contribution is 6.33. The van der Waals surface area contributed by atoms with Crippen molar-refractivity contribution >= 4 is 34.3 Å². The Morgan fingerprint density at radius 1 is 1.16 bits per heavy atom. The monoisotopic (exact) mass is 456 g/mol. The largest absolute Gasteiger partial charge is 0.361 e. The molecular weight excluding hydrogens is 431 g/mol. The van der Waals surface area contributed by atoms with E-state index in [9.17, 15) is 14.0 Å². The van der Waals surface area contributed by atoms with Crippen LogP contribution in [-0.2, 0) is 11.2 Å². The third-order valence-corrected chi connectivity index (χ3v) is 6.37. The number of H-pyrrole nitrogens is 1. The number of aromatic nitrogens is 1. The van der Waals surface area contributed by atoms with E-state index in [4.69, 9.17) is 11.6 Å². The van der Waals surface area contributed by atoms with Gasteiger partial charge in [0.15, 0.2) is 0 Å². The van der Waals surface area contributed by atoms with Crippen molar-refractivity contribution in [2.24, 2.45) is 0 Å². The van der Waals surface area contributed by atoms with Gasteiger partial charge in [0, 0.05) is 49.8 Å². The zero-order valence-electron chi connectivity index (χ0n) is 17.9. The zero-order chi connectivity index (χ0) is 22.7. The maximum Gasteiger partial charge on any atom is 0.255 e. The molecule has 0 aliphatic carbocycles. The van der Waals surface area contributed by atoms with Gasteiger partial charge in [0.2, 0.25) is 5.91 Å². The molecule has 0 bridgehead atoms. The number of halogens is 2. The number of carbonyl (C=O) groups excluding carboxylic acids is 2. The minimum absolute atomic E-state index is 0.0220. The Bertz CT molecular complexity index is 1120. The first-order valence-electron chi connectivity index (χ1n) is 10.7. The molecule has 1 aliphatic heterocycles. The molecule has 2 aromatic carbocycles. The fourth-order valence-corrected chi connectivity index (χ4v) is 4.37. The molecule has 1 unspecified atom stereocenters. The molecule has 1 saturated heterocycles. The van der Waals surface area contributed by atoms with Crippen LogP contribution >= 0.6 is 11.6 Å². The van der Waals surface area contributed by atoms with Crippen LogP contribution in [0.25, 0.3) is 10.9 Å². The summed E-state index contributed by atoms with van der Waals surface area (Å²) < 4.78 is 13.3. The van der Waals surface area contributed by atoms with Gasteiger partial charge in [-0.1, -0.05) is 29.8 Å². The quantitative estimate of drug-likeness (QED) is 0.597. The van der Waals surface area contributed by atoms with Gasteiger partial charge in [0.05, 0.1) is 16.6 Å². The first-order chi connectivity index (χ1) is 15.4. The second-order valence-corrected chi connectivity index (χ2v) is 8.44. The number of piperazine rings is 1. The smallest absolute Gasteiger partial charge is 0.255 e. The Morgan fingerprint density at radius 3 is 2.66 bits per heavy atom. The van der Waals surface area contributed by atoms with Crippen LogP contribution in [0.5, 0.6) is 0 Å². The predicted octanol–water partition coefficient (Wildman–Crippen LogP) is 3.47. The molecule has 0 saturated carbocycles. The molecule has 32 heavy (non-hydrogen) atoms. The van der Waals surface area contributed by atoms with Crippen molar-refractivity contribution in [3.8, 4) is 0 Å². The summed E-state index contributed by atoms with van der Waals surface area (Å²) >= 11 is 6.03. The van der Waals surface area contributed by atoms with Gasteiger partial charge < -0.3 is 15.2 Å². The van der Waals surface area contributed by atoms with E-state index in [1.807, 2.05) is 31.3 Å². The third kappa shape index (κ3) is 4.79. The number of amides is 2. The molecule has 4 rings (SSSR count). The number of rotatable bonds is 6. The summed E-state index contributed by atoms with van der Waals surface area (Å²) in [7, 11) is 0. The number of fused-ring (bicyclic) bond motifs is 1. The molecule has 3 aromatic rings. The number of para-hydroxylation sites is 1. The van der Waals surface area contributed by atoms with E-state index in [2.05, 4.69) is 21.3 Å². The van der Waals surface area contributed by atoms with Gasteiger partial charge in [-0.3, -0.25) is 14.5 Å². The van der Waals surface area contributed by atoms with E-state index in [0.29, 0.717) is 38.3 Å². The van der Waals surface area contributed by atoms with E-state index in [1.165, 1.54) is 23.1 Å². The average Bonchev–Trinajstić information content (AvgIpc) is 3.21. The number of aromatic amines is 1. The topological polar surface area (TPSA) is 68.4 Å². The molecule has 0 radical (unpaired) electrons. The van der Waals surface area contributed by atoms with Crippen LogP contribution in [0.15, 0.2) is 48.7 Å². The second kappa shape index (κ2) is 9.71. The maximum atomic E-state index is 13.3. The summed E-state index contributed by atoms with van der Waals surface area (Å²) in [4.78, 5) is 32.4. The normalized spacial score (nSPS) is 15.7. The fraction of sp³-hybridized carbons (Fsp3) is 0.333. The Balaban J connectivity index is 1.26. The van der Waals surface area contributed by atoms with Crippen molar-refractivity contribution in [1.82, 2.24) is 20.1 Å². The van der Waals surface area contributed by atoms with Crippen LogP contribution in [-0.4, -0.2) is 65.4 Å². The van der Waals surface area contributed by atoms with Gasteiger partial charge >= 0.3 is 0 Å². The molecule has 168 valence electrons. The van der Waals surface area contributed by atoms with E-state index in [-0.39, 0.29) is 22.9 Å². The minimum atomic E-state index is -0.471. The Morgan fingerprint density at radius 2 is 1.91 bits per heavy atom. The molecule has 1 aromatic heterocycles. The molecule has 2 heterocycles. The number of benzene rings is 2. The molecule has 6 nitrogen and oxygen atoms in total. The lowest BCUT2D eigenvalue weighted by atomic mass is 10.1. The third-order valence-electron chi connectivity index (χ3n) is 6.06. The summed E-state index contributed by atoms with van der Waals surface area (Å²) in [6.07, 6.45) is 2.74. The summed E-state index contributed by atoms with van der Waals surface area (Å²) in [5, 5.41) is 4.32. The minimum Gasteiger partial charge on any atom is -0.361 e. The molecular formula is C24H26ClFN4O2. The van der Waals surface area contributed by atoms with Crippen LogP contribution < -0.4 is 5.32 Å². The average molecular weight is 457 g/mol. The SMILES string of the molecule is CC(C(=O)NCCc1c[nH]c2ccccc12)N1CCN(C(=O)c2ccc(F)cc2Cl)CC1. The van der Waals surface area contributed by atoms with Crippen LogP contribution in [0.3, 0.4) is 0 Å². The fourth-order valence-electron chi connectivity index (χ4n) is 4.12. The molecule has 0 spiro atoms. The van der Waals surface area contributed by atoms with Gasteiger partial charge in [-0.25, -0.2) is 4.39 Å². The standard InChI is InChI=1S/C24H26ClFN4O2/c1-16(23(31)27-9-8-17-15-28-22-5-3-2-4-19(17)22)29-10-12-30(13-11-29)24(32)20-7-6-18(26)14-21(20)25/h2-7,14-16,28H,8-13H2,1H3,(H,27,31). The highest BCUT2D eigenvalue weighted by atomic mass is 35.5. The Hall–Kier alpha value is -2.90. The van der Waals surface area contributed by atoms with Gasteiger partial charge in [-0.05, 0) is 43.2 Å². The van der Waals surface area contributed by atoms with Crippen molar-refractivity contribution in [3.05, 3.63) is 70.6 Å².